The van der Waals surface area contributed by atoms with Gasteiger partial charge in [-0.1, -0.05) is 37.3 Å². The van der Waals surface area contributed by atoms with Crippen LogP contribution >= 0.6 is 0 Å². The number of carbonyl (C=O) groups excluding carboxylic acids is 1. The van der Waals surface area contributed by atoms with Gasteiger partial charge in [0.05, 0.1) is 12.6 Å². The van der Waals surface area contributed by atoms with Gasteiger partial charge in [0.2, 0.25) is 5.91 Å². The van der Waals surface area contributed by atoms with Crippen LogP contribution in [-0.4, -0.2) is 24.0 Å². The van der Waals surface area contributed by atoms with Crippen LogP contribution in [0.25, 0.3) is 0 Å². The molecule has 0 saturated heterocycles. The number of rotatable bonds is 6. The van der Waals surface area contributed by atoms with Crippen molar-refractivity contribution in [1.82, 2.24) is 10.6 Å². The summed E-state index contributed by atoms with van der Waals surface area (Å²) in [5.41, 5.74) is 0.625. The van der Waals surface area contributed by atoms with Gasteiger partial charge in [0.1, 0.15) is 5.54 Å². The molecular formula is C18H25N3O. The van der Waals surface area contributed by atoms with Crippen LogP contribution < -0.4 is 10.6 Å². The van der Waals surface area contributed by atoms with E-state index in [0.29, 0.717) is 5.92 Å². The molecule has 0 spiro atoms. The molecule has 4 heteroatoms. The molecule has 1 aliphatic rings. The fourth-order valence-electron chi connectivity index (χ4n) is 3.03. The van der Waals surface area contributed by atoms with Gasteiger partial charge in [-0.2, -0.15) is 5.26 Å². The van der Waals surface area contributed by atoms with Crippen LogP contribution in [0, 0.1) is 11.3 Å². The molecule has 0 unspecified atom stereocenters. The molecule has 1 saturated carbocycles. The van der Waals surface area contributed by atoms with Crippen LogP contribution in [-0.2, 0) is 4.79 Å². The van der Waals surface area contributed by atoms with E-state index in [9.17, 15) is 10.1 Å². The predicted octanol–water partition coefficient (Wildman–Crippen LogP) is 2.72. The van der Waals surface area contributed by atoms with Crippen LogP contribution in [0.2, 0.25) is 0 Å². The maximum atomic E-state index is 12.1. The maximum absolute atomic E-state index is 12.1. The van der Waals surface area contributed by atoms with E-state index in [0.717, 1.165) is 25.7 Å². The highest BCUT2D eigenvalue weighted by atomic mass is 16.2. The first-order chi connectivity index (χ1) is 10.6. The van der Waals surface area contributed by atoms with E-state index in [2.05, 4.69) is 42.7 Å². The lowest BCUT2D eigenvalue weighted by atomic mass is 9.94. The minimum absolute atomic E-state index is 0.0874. The monoisotopic (exact) mass is 299 g/mol. The van der Waals surface area contributed by atoms with Crippen molar-refractivity contribution in [3.63, 3.8) is 0 Å². The first-order valence-electron chi connectivity index (χ1n) is 8.07. The van der Waals surface area contributed by atoms with Crippen molar-refractivity contribution >= 4 is 5.91 Å². The summed E-state index contributed by atoms with van der Waals surface area (Å²) >= 11 is 0. The summed E-state index contributed by atoms with van der Waals surface area (Å²) in [4.78, 5) is 12.1. The van der Waals surface area contributed by atoms with Gasteiger partial charge in [-0.25, -0.2) is 0 Å². The average Bonchev–Trinajstić information content (AvgIpc) is 3.01. The van der Waals surface area contributed by atoms with Crippen LogP contribution in [0.4, 0.5) is 0 Å². The normalized spacial score (nSPS) is 19.1. The summed E-state index contributed by atoms with van der Waals surface area (Å²) in [6, 6.07) is 12.7. The summed E-state index contributed by atoms with van der Waals surface area (Å²) in [6.45, 7) is 4.49. The van der Waals surface area contributed by atoms with Crippen LogP contribution in [0.1, 0.15) is 51.0 Å². The summed E-state index contributed by atoms with van der Waals surface area (Å²) in [5.74, 6) is 0.237. The molecule has 0 aliphatic heterocycles. The minimum Gasteiger partial charge on any atom is -0.337 e. The fraction of sp³-hybridized carbons (Fsp3) is 0.556. The molecule has 0 bridgehead atoms. The number of carbonyl (C=O) groups is 1. The molecular weight excluding hydrogens is 274 g/mol. The number of nitrogens with one attached hydrogen (secondary N) is 2. The molecule has 118 valence electrons. The van der Waals surface area contributed by atoms with E-state index < -0.39 is 5.54 Å². The van der Waals surface area contributed by atoms with Gasteiger partial charge in [0.25, 0.3) is 0 Å². The quantitative estimate of drug-likeness (QED) is 0.849. The average molecular weight is 299 g/mol. The molecule has 1 aromatic rings. The van der Waals surface area contributed by atoms with Gasteiger partial charge in [-0.05, 0) is 44.1 Å². The second-order valence-corrected chi connectivity index (χ2v) is 6.32. The van der Waals surface area contributed by atoms with Crippen molar-refractivity contribution < 1.29 is 4.79 Å². The van der Waals surface area contributed by atoms with Crippen LogP contribution in [0.15, 0.2) is 30.3 Å². The SMILES string of the molecule is C[C@H](NCC(=O)NC1(C#N)CCCC1)[C@H](C)c1ccccc1. The lowest BCUT2D eigenvalue weighted by molar-refractivity contribution is -0.121. The number of nitriles is 1. The van der Waals surface area contributed by atoms with Gasteiger partial charge in [-0.3, -0.25) is 4.79 Å². The highest BCUT2D eigenvalue weighted by Gasteiger charge is 2.35. The molecule has 1 amide bonds. The zero-order valence-corrected chi connectivity index (χ0v) is 13.4. The largest absolute Gasteiger partial charge is 0.337 e. The summed E-state index contributed by atoms with van der Waals surface area (Å²) in [6.07, 6.45) is 3.57. The molecule has 0 heterocycles. The molecule has 22 heavy (non-hydrogen) atoms. The van der Waals surface area contributed by atoms with Gasteiger partial charge >= 0.3 is 0 Å². The summed E-state index contributed by atoms with van der Waals surface area (Å²) in [7, 11) is 0. The lowest BCUT2D eigenvalue weighted by Gasteiger charge is -2.25. The Kier molecular flexibility index (Phi) is 5.57. The smallest absolute Gasteiger partial charge is 0.235 e. The Labute approximate surface area is 132 Å². The Morgan fingerprint density at radius 2 is 1.91 bits per heavy atom. The molecule has 0 radical (unpaired) electrons. The first kappa shape index (κ1) is 16.5. The second-order valence-electron chi connectivity index (χ2n) is 6.32. The van der Waals surface area contributed by atoms with Gasteiger partial charge in [-0.15, -0.1) is 0 Å². The Morgan fingerprint density at radius 3 is 2.50 bits per heavy atom. The van der Waals surface area contributed by atoms with E-state index >= 15 is 0 Å². The first-order valence-corrected chi connectivity index (χ1v) is 8.07. The third-order valence-electron chi connectivity index (χ3n) is 4.71. The van der Waals surface area contributed by atoms with Crippen molar-refractivity contribution in [2.45, 2.75) is 57.0 Å². The van der Waals surface area contributed by atoms with E-state index in [1.807, 2.05) is 18.2 Å². The summed E-state index contributed by atoms with van der Waals surface area (Å²) in [5, 5.41) is 15.5. The van der Waals surface area contributed by atoms with Crippen molar-refractivity contribution in [3.05, 3.63) is 35.9 Å². The predicted molar refractivity (Wildman–Crippen MR) is 87.3 cm³/mol. The van der Waals surface area contributed by atoms with Crippen molar-refractivity contribution in [1.29, 1.82) is 5.26 Å². The highest BCUT2D eigenvalue weighted by molar-refractivity contribution is 5.79. The second kappa shape index (κ2) is 7.42. The molecule has 4 nitrogen and oxygen atoms in total. The highest BCUT2D eigenvalue weighted by Crippen LogP contribution is 2.28. The Bertz CT molecular complexity index is 529. The molecule has 2 rings (SSSR count). The van der Waals surface area contributed by atoms with E-state index in [-0.39, 0.29) is 18.5 Å². The Balaban J connectivity index is 1.82. The molecule has 0 aromatic heterocycles. The fourth-order valence-corrected chi connectivity index (χ4v) is 3.03. The minimum atomic E-state index is -0.632. The van der Waals surface area contributed by atoms with Crippen LogP contribution in [0.3, 0.4) is 0 Å². The van der Waals surface area contributed by atoms with Crippen molar-refractivity contribution in [2.75, 3.05) is 6.54 Å². The zero-order chi connectivity index (χ0) is 16.0. The van der Waals surface area contributed by atoms with Gasteiger partial charge in [0, 0.05) is 6.04 Å². The molecule has 2 N–H and O–H groups in total. The molecule has 2 atom stereocenters. The Hall–Kier alpha value is -1.86. The van der Waals surface area contributed by atoms with Crippen LogP contribution in [0.5, 0.6) is 0 Å². The van der Waals surface area contributed by atoms with Gasteiger partial charge < -0.3 is 10.6 Å². The molecule has 1 fully saturated rings. The topological polar surface area (TPSA) is 64.9 Å². The van der Waals surface area contributed by atoms with E-state index in [1.54, 1.807) is 0 Å². The van der Waals surface area contributed by atoms with E-state index in [1.165, 1.54) is 5.56 Å². The number of nitrogens with zero attached hydrogens (tertiary/aromatic N) is 1. The molecule has 1 aliphatic carbocycles. The van der Waals surface area contributed by atoms with Crippen molar-refractivity contribution in [2.24, 2.45) is 0 Å². The number of benzene rings is 1. The summed E-state index contributed by atoms with van der Waals surface area (Å²) < 4.78 is 0. The zero-order valence-electron chi connectivity index (χ0n) is 13.4. The Morgan fingerprint density at radius 1 is 1.27 bits per heavy atom. The number of hydrogen-bond acceptors (Lipinski definition) is 3. The third-order valence-corrected chi connectivity index (χ3v) is 4.71. The molecule has 1 aromatic carbocycles. The standard InChI is InChI=1S/C18H25N3O/c1-14(16-8-4-3-5-9-16)15(2)20-12-17(22)21-18(13-19)10-6-7-11-18/h3-5,8-9,14-15,20H,6-7,10-12H2,1-2H3,(H,21,22)/t14-,15-/m0/s1. The number of amides is 1. The van der Waals surface area contributed by atoms with Gasteiger partial charge in [0.15, 0.2) is 0 Å². The lowest BCUT2D eigenvalue weighted by Crippen LogP contribution is -2.49. The third kappa shape index (κ3) is 4.08. The van der Waals surface area contributed by atoms with E-state index in [4.69, 9.17) is 0 Å². The van der Waals surface area contributed by atoms with Crippen molar-refractivity contribution in [3.8, 4) is 6.07 Å². The number of hydrogen-bond donors (Lipinski definition) is 2. The maximum Gasteiger partial charge on any atom is 0.235 e.